The van der Waals surface area contributed by atoms with Gasteiger partial charge in [0.05, 0.1) is 4.90 Å². The molecule has 3 aromatic rings. The van der Waals surface area contributed by atoms with Crippen molar-refractivity contribution in [1.82, 2.24) is 14.5 Å². The maximum atomic E-state index is 13.7. The number of sulfonamides is 1. The minimum absolute atomic E-state index is 0.225. The fourth-order valence-corrected chi connectivity index (χ4v) is 6.51. The van der Waals surface area contributed by atoms with E-state index in [1.165, 1.54) is 33.9 Å². The van der Waals surface area contributed by atoms with Crippen LogP contribution < -0.4 is 0 Å². The molecule has 2 aromatic carbocycles. The Morgan fingerprint density at radius 3 is 2.55 bits per heavy atom. The van der Waals surface area contributed by atoms with Crippen molar-refractivity contribution in [3.63, 3.8) is 0 Å². The largest absolute Gasteiger partial charge is 0.411 e. The van der Waals surface area contributed by atoms with Gasteiger partial charge in [-0.3, -0.25) is 0 Å². The Labute approximate surface area is 189 Å². The second-order valence-electron chi connectivity index (χ2n) is 6.99. The van der Waals surface area contributed by atoms with Gasteiger partial charge in [-0.1, -0.05) is 36.4 Å². The van der Waals surface area contributed by atoms with Crippen molar-refractivity contribution in [2.75, 3.05) is 24.6 Å². The first kappa shape index (κ1) is 22.3. The molecule has 1 saturated heterocycles. The van der Waals surface area contributed by atoms with Crippen LogP contribution in [-0.2, 0) is 10.0 Å². The Kier molecular flexibility index (Phi) is 7.31. The van der Waals surface area contributed by atoms with E-state index in [2.05, 4.69) is 10.2 Å². The molecule has 6 nitrogen and oxygen atoms in total. The summed E-state index contributed by atoms with van der Waals surface area (Å²) in [6.45, 7) is 1.11. The molecular formula is C21H22FN3O3S3. The van der Waals surface area contributed by atoms with Crippen LogP contribution >= 0.6 is 23.5 Å². The highest BCUT2D eigenvalue weighted by Crippen LogP contribution is 2.28. The quantitative estimate of drug-likeness (QED) is 0.335. The SMILES string of the molecule is O=S(=O)(c1cccc(-c2nnc(SCCSc3ccccc3F)o2)c1)N1CCCCC1. The van der Waals surface area contributed by atoms with E-state index >= 15 is 0 Å². The zero-order valence-electron chi connectivity index (χ0n) is 16.7. The van der Waals surface area contributed by atoms with E-state index in [1.807, 2.05) is 6.07 Å². The summed E-state index contributed by atoms with van der Waals surface area (Å²) in [4.78, 5) is 0.849. The van der Waals surface area contributed by atoms with Gasteiger partial charge in [0, 0.05) is 35.1 Å². The molecule has 2 heterocycles. The molecule has 0 saturated carbocycles. The van der Waals surface area contributed by atoms with Gasteiger partial charge in [-0.25, -0.2) is 12.8 Å². The maximum Gasteiger partial charge on any atom is 0.276 e. The highest BCUT2D eigenvalue weighted by molar-refractivity contribution is 8.02. The van der Waals surface area contributed by atoms with Crippen LogP contribution in [0, 0.1) is 5.82 Å². The van der Waals surface area contributed by atoms with Crippen LogP contribution in [0.15, 0.2) is 68.0 Å². The Morgan fingerprint density at radius 1 is 0.968 bits per heavy atom. The van der Waals surface area contributed by atoms with Crippen LogP contribution in [0.25, 0.3) is 11.5 Å². The van der Waals surface area contributed by atoms with Crippen molar-refractivity contribution < 1.29 is 17.2 Å². The fourth-order valence-electron chi connectivity index (χ4n) is 3.27. The minimum atomic E-state index is -3.53. The third-order valence-electron chi connectivity index (χ3n) is 4.84. The Bertz CT molecular complexity index is 1130. The average Bonchev–Trinajstić information content (AvgIpc) is 3.27. The molecule has 1 aliphatic rings. The maximum absolute atomic E-state index is 13.7. The van der Waals surface area contributed by atoms with Crippen LogP contribution in [0.4, 0.5) is 4.39 Å². The number of halogens is 1. The summed E-state index contributed by atoms with van der Waals surface area (Å²) in [6, 6.07) is 13.3. The lowest BCUT2D eigenvalue weighted by molar-refractivity contribution is 0.346. The molecule has 4 rings (SSSR count). The van der Waals surface area contributed by atoms with Gasteiger partial charge in [-0.05, 0) is 43.2 Å². The first-order valence-electron chi connectivity index (χ1n) is 9.98. The molecular weight excluding hydrogens is 457 g/mol. The van der Waals surface area contributed by atoms with Gasteiger partial charge in [-0.15, -0.1) is 22.0 Å². The summed E-state index contributed by atoms with van der Waals surface area (Å²) in [5.41, 5.74) is 0.568. The number of hydrogen-bond acceptors (Lipinski definition) is 7. The lowest BCUT2D eigenvalue weighted by Gasteiger charge is -2.25. The van der Waals surface area contributed by atoms with Gasteiger partial charge in [0.1, 0.15) is 5.82 Å². The van der Waals surface area contributed by atoms with Gasteiger partial charge in [0.25, 0.3) is 5.22 Å². The lowest BCUT2D eigenvalue weighted by Crippen LogP contribution is -2.35. The smallest absolute Gasteiger partial charge is 0.276 e. The number of nitrogens with zero attached hydrogens (tertiary/aromatic N) is 3. The summed E-state index contributed by atoms with van der Waals surface area (Å²) in [7, 11) is -3.53. The molecule has 0 bridgehead atoms. The van der Waals surface area contributed by atoms with Crippen LogP contribution in [0.5, 0.6) is 0 Å². The standard InChI is InChI=1S/C21H22FN3O3S3/c22-18-9-2-3-10-19(18)29-13-14-30-21-24-23-20(28-21)16-7-6-8-17(15-16)31(26,27)25-11-4-1-5-12-25/h2-3,6-10,15H,1,4-5,11-14H2. The van der Waals surface area contributed by atoms with Crippen LogP contribution in [-0.4, -0.2) is 47.5 Å². The van der Waals surface area contributed by atoms with Crippen molar-refractivity contribution in [2.24, 2.45) is 0 Å². The molecule has 0 atom stereocenters. The van der Waals surface area contributed by atoms with E-state index in [0.717, 1.165) is 19.3 Å². The van der Waals surface area contributed by atoms with Crippen LogP contribution in [0.1, 0.15) is 19.3 Å². The Morgan fingerprint density at radius 2 is 1.74 bits per heavy atom. The predicted octanol–water partition coefficient (Wildman–Crippen LogP) is 4.93. The van der Waals surface area contributed by atoms with Crippen molar-refractivity contribution in [2.45, 2.75) is 34.3 Å². The number of benzene rings is 2. The Hall–Kier alpha value is -1.88. The highest BCUT2D eigenvalue weighted by atomic mass is 32.2. The number of hydrogen-bond donors (Lipinski definition) is 0. The third-order valence-corrected chi connectivity index (χ3v) is 8.87. The molecule has 10 heteroatoms. The zero-order valence-corrected chi connectivity index (χ0v) is 19.2. The number of piperidine rings is 1. The van der Waals surface area contributed by atoms with Crippen molar-refractivity contribution in [1.29, 1.82) is 0 Å². The average molecular weight is 480 g/mol. The van der Waals surface area contributed by atoms with E-state index in [9.17, 15) is 12.8 Å². The molecule has 0 amide bonds. The van der Waals surface area contributed by atoms with Gasteiger partial charge in [0.15, 0.2) is 0 Å². The molecule has 0 N–H and O–H groups in total. The molecule has 164 valence electrons. The molecule has 31 heavy (non-hydrogen) atoms. The van der Waals surface area contributed by atoms with Gasteiger partial charge in [0.2, 0.25) is 15.9 Å². The number of thioether (sulfide) groups is 2. The van der Waals surface area contributed by atoms with Crippen LogP contribution in [0.2, 0.25) is 0 Å². The fraction of sp³-hybridized carbons (Fsp3) is 0.333. The second-order valence-corrected chi connectivity index (χ2v) is 11.1. The summed E-state index contributed by atoms with van der Waals surface area (Å²) in [5, 5.41) is 8.50. The minimum Gasteiger partial charge on any atom is -0.411 e. The first-order chi connectivity index (χ1) is 15.0. The van der Waals surface area contributed by atoms with Gasteiger partial charge in [-0.2, -0.15) is 4.31 Å². The number of aromatic nitrogens is 2. The van der Waals surface area contributed by atoms with E-state index in [4.69, 9.17) is 4.42 Å². The van der Waals surface area contributed by atoms with E-state index in [0.29, 0.717) is 40.3 Å². The van der Waals surface area contributed by atoms with Crippen molar-refractivity contribution in [3.8, 4) is 11.5 Å². The molecule has 1 aromatic heterocycles. The predicted molar refractivity (Wildman–Crippen MR) is 120 cm³/mol. The lowest BCUT2D eigenvalue weighted by atomic mass is 10.2. The van der Waals surface area contributed by atoms with Gasteiger partial charge >= 0.3 is 0 Å². The molecule has 0 spiro atoms. The monoisotopic (exact) mass is 479 g/mol. The van der Waals surface area contributed by atoms with Gasteiger partial charge < -0.3 is 4.42 Å². The third kappa shape index (κ3) is 5.49. The molecule has 0 unspecified atom stereocenters. The summed E-state index contributed by atoms with van der Waals surface area (Å²) < 4.78 is 46.7. The number of rotatable bonds is 8. The van der Waals surface area contributed by atoms with Crippen molar-refractivity contribution >= 4 is 33.5 Å². The summed E-state index contributed by atoms with van der Waals surface area (Å²) >= 11 is 2.81. The van der Waals surface area contributed by atoms with Crippen LogP contribution in [0.3, 0.4) is 0 Å². The first-order valence-corrected chi connectivity index (χ1v) is 13.4. The summed E-state index contributed by atoms with van der Waals surface area (Å²) in [6.07, 6.45) is 2.84. The Balaban J connectivity index is 1.38. The molecule has 1 fully saturated rings. The highest BCUT2D eigenvalue weighted by Gasteiger charge is 2.26. The van der Waals surface area contributed by atoms with E-state index < -0.39 is 10.0 Å². The normalized spacial score (nSPS) is 15.3. The topological polar surface area (TPSA) is 76.3 Å². The van der Waals surface area contributed by atoms with E-state index in [1.54, 1.807) is 36.4 Å². The molecule has 1 aliphatic heterocycles. The second kappa shape index (κ2) is 10.2. The zero-order chi connectivity index (χ0) is 21.7. The molecule has 0 aliphatic carbocycles. The van der Waals surface area contributed by atoms with E-state index in [-0.39, 0.29) is 16.6 Å². The molecule has 0 radical (unpaired) electrons. The van der Waals surface area contributed by atoms with Crippen molar-refractivity contribution in [3.05, 3.63) is 54.3 Å². The summed E-state index contributed by atoms with van der Waals surface area (Å²) in [5.74, 6) is 1.41.